The van der Waals surface area contributed by atoms with Gasteiger partial charge in [-0.05, 0) is 12.5 Å². The molecule has 0 aliphatic carbocycles. The summed E-state index contributed by atoms with van der Waals surface area (Å²) in [4.78, 5) is 11.7. The van der Waals surface area contributed by atoms with Crippen molar-refractivity contribution >= 4 is 5.97 Å². The van der Waals surface area contributed by atoms with Crippen LogP contribution in [0.5, 0.6) is 5.75 Å². The fourth-order valence-electron chi connectivity index (χ4n) is 1.95. The summed E-state index contributed by atoms with van der Waals surface area (Å²) in [6, 6.07) is 3.40. The minimum Gasteiger partial charge on any atom is -0.507 e. The maximum atomic E-state index is 11.7. The van der Waals surface area contributed by atoms with Crippen LogP contribution < -0.4 is 0 Å². The number of aromatic hydroxyl groups is 1. The molecule has 4 heteroatoms. The highest BCUT2D eigenvalue weighted by Gasteiger charge is 2.32. The van der Waals surface area contributed by atoms with Crippen LogP contribution in [0, 0.1) is 0 Å². The lowest BCUT2D eigenvalue weighted by Gasteiger charge is -2.29. The van der Waals surface area contributed by atoms with Crippen molar-refractivity contribution < 1.29 is 19.7 Å². The van der Waals surface area contributed by atoms with Crippen molar-refractivity contribution in [2.75, 3.05) is 0 Å². The lowest BCUT2D eigenvalue weighted by atomic mass is 9.87. The van der Waals surface area contributed by atoms with Gasteiger partial charge in [0, 0.05) is 11.5 Å². The topological polar surface area (TPSA) is 66.8 Å². The smallest absolute Gasteiger partial charge is 0.342 e. The van der Waals surface area contributed by atoms with Gasteiger partial charge in [-0.25, -0.2) is 4.79 Å². The first kappa shape index (κ1) is 11.0. The number of phenols is 1. The van der Waals surface area contributed by atoms with Gasteiger partial charge in [-0.2, -0.15) is 0 Å². The van der Waals surface area contributed by atoms with Crippen LogP contribution in [0.4, 0.5) is 0 Å². The molecule has 2 atom stereocenters. The van der Waals surface area contributed by atoms with E-state index < -0.39 is 5.97 Å². The predicted octanol–water partition coefficient (Wildman–Crippen LogP) is 1.55. The standard InChI is InChI=1S/C12H14O4/c1-6-7(2)16-12(15)10-9(6)4-3-8(5-13)11(10)14/h3-4,6-7,13-14H,5H2,1-2H3/t6-,7-/m0/s1. The van der Waals surface area contributed by atoms with E-state index in [0.29, 0.717) is 5.56 Å². The highest BCUT2D eigenvalue weighted by molar-refractivity contribution is 5.96. The molecule has 1 aliphatic heterocycles. The first-order chi connectivity index (χ1) is 7.56. The number of hydrogen-bond donors (Lipinski definition) is 2. The molecule has 2 N–H and O–H groups in total. The largest absolute Gasteiger partial charge is 0.507 e. The summed E-state index contributed by atoms with van der Waals surface area (Å²) < 4.78 is 5.12. The molecular formula is C12H14O4. The van der Waals surface area contributed by atoms with Gasteiger partial charge in [-0.15, -0.1) is 0 Å². The van der Waals surface area contributed by atoms with Crippen LogP contribution >= 0.6 is 0 Å². The minimum atomic E-state index is -0.520. The molecule has 1 aliphatic rings. The van der Waals surface area contributed by atoms with Crippen molar-refractivity contribution in [2.45, 2.75) is 32.5 Å². The minimum absolute atomic E-state index is 0.0475. The summed E-state index contributed by atoms with van der Waals surface area (Å²) in [6.07, 6.45) is -0.195. The van der Waals surface area contributed by atoms with Crippen molar-refractivity contribution in [1.29, 1.82) is 0 Å². The molecule has 1 aromatic rings. The molecule has 0 bridgehead atoms. The van der Waals surface area contributed by atoms with Crippen LogP contribution in [-0.2, 0) is 11.3 Å². The summed E-state index contributed by atoms with van der Waals surface area (Å²) >= 11 is 0. The Morgan fingerprint density at radius 2 is 2.06 bits per heavy atom. The molecule has 4 nitrogen and oxygen atoms in total. The summed E-state index contributed by atoms with van der Waals surface area (Å²) in [5.74, 6) is -0.636. The number of ether oxygens (including phenoxy) is 1. The average molecular weight is 222 g/mol. The van der Waals surface area contributed by atoms with Gasteiger partial charge in [0.2, 0.25) is 0 Å². The Balaban J connectivity index is 2.62. The number of cyclic esters (lactones) is 1. The average Bonchev–Trinajstić information content (AvgIpc) is 2.25. The van der Waals surface area contributed by atoms with Crippen molar-refractivity contribution in [1.82, 2.24) is 0 Å². The van der Waals surface area contributed by atoms with Crippen LogP contribution in [0.1, 0.15) is 41.3 Å². The van der Waals surface area contributed by atoms with E-state index in [4.69, 9.17) is 9.84 Å². The fraction of sp³-hybridized carbons (Fsp3) is 0.417. The van der Waals surface area contributed by atoms with Gasteiger partial charge in [0.1, 0.15) is 17.4 Å². The zero-order valence-electron chi connectivity index (χ0n) is 9.23. The first-order valence-electron chi connectivity index (χ1n) is 5.22. The predicted molar refractivity (Wildman–Crippen MR) is 57.3 cm³/mol. The lowest BCUT2D eigenvalue weighted by Crippen LogP contribution is -2.28. The maximum absolute atomic E-state index is 11.7. The Kier molecular flexibility index (Phi) is 2.59. The zero-order chi connectivity index (χ0) is 11.9. The third-order valence-corrected chi connectivity index (χ3v) is 3.16. The molecular weight excluding hydrogens is 208 g/mol. The second-order valence-corrected chi connectivity index (χ2v) is 4.09. The monoisotopic (exact) mass is 222 g/mol. The molecule has 0 unspecified atom stereocenters. The van der Waals surface area contributed by atoms with Crippen LogP contribution in [0.2, 0.25) is 0 Å². The Morgan fingerprint density at radius 1 is 1.38 bits per heavy atom. The van der Waals surface area contributed by atoms with Crippen molar-refractivity contribution in [3.05, 3.63) is 28.8 Å². The highest BCUT2D eigenvalue weighted by atomic mass is 16.5. The van der Waals surface area contributed by atoms with Gasteiger partial charge in [-0.3, -0.25) is 0 Å². The van der Waals surface area contributed by atoms with E-state index in [1.165, 1.54) is 0 Å². The van der Waals surface area contributed by atoms with Gasteiger partial charge in [0.15, 0.2) is 0 Å². The molecule has 1 heterocycles. The summed E-state index contributed by atoms with van der Waals surface area (Å²) in [5, 5.41) is 18.9. The number of carbonyl (C=O) groups is 1. The van der Waals surface area contributed by atoms with Crippen molar-refractivity contribution in [3.63, 3.8) is 0 Å². The van der Waals surface area contributed by atoms with Gasteiger partial charge in [-0.1, -0.05) is 19.1 Å². The Hall–Kier alpha value is -1.55. The van der Waals surface area contributed by atoms with Crippen LogP contribution in [-0.4, -0.2) is 22.3 Å². The maximum Gasteiger partial charge on any atom is 0.342 e. The molecule has 0 spiro atoms. The molecule has 0 saturated carbocycles. The molecule has 1 aromatic carbocycles. The number of esters is 1. The quantitative estimate of drug-likeness (QED) is 0.707. The van der Waals surface area contributed by atoms with Gasteiger partial charge < -0.3 is 14.9 Å². The van der Waals surface area contributed by atoms with Crippen LogP contribution in [0.3, 0.4) is 0 Å². The third kappa shape index (κ3) is 1.46. The van der Waals surface area contributed by atoms with Crippen LogP contribution in [0.25, 0.3) is 0 Å². The summed E-state index contributed by atoms with van der Waals surface area (Å²) in [6.45, 7) is 3.47. The van der Waals surface area contributed by atoms with Gasteiger partial charge in [0.25, 0.3) is 0 Å². The van der Waals surface area contributed by atoms with Crippen LogP contribution in [0.15, 0.2) is 12.1 Å². The molecule has 16 heavy (non-hydrogen) atoms. The normalized spacial score (nSPS) is 23.8. The number of hydrogen-bond acceptors (Lipinski definition) is 4. The molecule has 0 aromatic heterocycles. The van der Waals surface area contributed by atoms with Gasteiger partial charge >= 0.3 is 5.97 Å². The number of benzene rings is 1. The second kappa shape index (κ2) is 3.79. The van der Waals surface area contributed by atoms with E-state index in [-0.39, 0.29) is 29.9 Å². The summed E-state index contributed by atoms with van der Waals surface area (Å²) in [5.41, 5.74) is 1.31. The van der Waals surface area contributed by atoms with Gasteiger partial charge in [0.05, 0.1) is 6.61 Å². The first-order valence-corrected chi connectivity index (χ1v) is 5.22. The number of fused-ring (bicyclic) bond motifs is 1. The number of aliphatic hydroxyl groups is 1. The number of carbonyl (C=O) groups excluding carboxylic acids is 1. The molecule has 0 saturated heterocycles. The second-order valence-electron chi connectivity index (χ2n) is 4.09. The van der Waals surface area contributed by atoms with E-state index in [1.54, 1.807) is 12.1 Å². The number of aliphatic hydroxyl groups excluding tert-OH is 1. The third-order valence-electron chi connectivity index (χ3n) is 3.16. The molecule has 0 radical (unpaired) electrons. The van der Waals surface area contributed by atoms with E-state index in [0.717, 1.165) is 5.56 Å². The Bertz CT molecular complexity index is 439. The SMILES string of the molecule is C[C@@H]1OC(=O)c2c(ccc(CO)c2O)[C@H]1C. The molecule has 0 amide bonds. The molecule has 86 valence electrons. The molecule has 0 fully saturated rings. The zero-order valence-corrected chi connectivity index (χ0v) is 9.23. The fourth-order valence-corrected chi connectivity index (χ4v) is 1.95. The van der Waals surface area contributed by atoms with Crippen molar-refractivity contribution in [3.8, 4) is 5.75 Å². The summed E-state index contributed by atoms with van der Waals surface area (Å²) in [7, 11) is 0. The van der Waals surface area contributed by atoms with E-state index >= 15 is 0 Å². The number of rotatable bonds is 1. The van der Waals surface area contributed by atoms with E-state index in [1.807, 2.05) is 13.8 Å². The van der Waals surface area contributed by atoms with Crippen molar-refractivity contribution in [2.24, 2.45) is 0 Å². The van der Waals surface area contributed by atoms with E-state index in [9.17, 15) is 9.90 Å². The highest BCUT2D eigenvalue weighted by Crippen LogP contribution is 2.37. The molecule has 2 rings (SSSR count). The Labute approximate surface area is 93.5 Å². The lowest BCUT2D eigenvalue weighted by molar-refractivity contribution is 0.0236. The van der Waals surface area contributed by atoms with E-state index in [2.05, 4.69) is 0 Å². The Morgan fingerprint density at radius 3 is 2.69 bits per heavy atom.